The quantitative estimate of drug-likeness (QED) is 0.0626. The van der Waals surface area contributed by atoms with Crippen molar-refractivity contribution in [3.63, 3.8) is 0 Å². The molecule has 11 nitrogen and oxygen atoms in total. The zero-order valence-electron chi connectivity index (χ0n) is 31.0. The molecule has 6 N–H and O–H groups in total. The first-order chi connectivity index (χ1) is 21.8. The van der Waals surface area contributed by atoms with Crippen LogP contribution in [-0.2, 0) is 18.6 Å². The first-order valence-electron chi connectivity index (χ1n) is 18.1. The summed E-state index contributed by atoms with van der Waals surface area (Å²) in [4.78, 5) is 12.6. The van der Waals surface area contributed by atoms with Crippen LogP contribution in [0.2, 0.25) is 18.1 Å². The molecule has 1 aliphatic heterocycles. The molecule has 1 fully saturated rings. The number of hydrogen-bond acceptors (Lipinski definition) is 10. The minimum absolute atomic E-state index is 0.0126. The molecule has 1 rings (SSSR count). The van der Waals surface area contributed by atoms with Crippen LogP contribution in [0.1, 0.15) is 132 Å². The molecular weight excluding hydrogens is 622 g/mol. The van der Waals surface area contributed by atoms with Gasteiger partial charge in [0.25, 0.3) is 0 Å². The number of aliphatic hydroxyl groups excluding tert-OH is 5. The van der Waals surface area contributed by atoms with Crippen LogP contribution in [0.3, 0.4) is 0 Å². The molecule has 1 heterocycles. The van der Waals surface area contributed by atoms with E-state index < -0.39 is 69.0 Å². The average molecular weight is 694 g/mol. The number of unbranched alkanes of at least 4 members (excludes halogenated alkanes) is 11. The maximum absolute atomic E-state index is 12.6. The Labute approximate surface area is 286 Å². The molecule has 1 amide bonds. The second-order valence-electron chi connectivity index (χ2n) is 15.9. The number of aliphatic hydroxyl groups is 5. The van der Waals surface area contributed by atoms with E-state index in [2.05, 4.69) is 46.1 Å². The number of carbonyl (C=O) groups is 1. The molecule has 0 saturated carbocycles. The van der Waals surface area contributed by atoms with Gasteiger partial charge in [0.05, 0.1) is 25.4 Å². The Morgan fingerprint density at radius 3 is 1.81 bits per heavy atom. The number of hydrogen-bond donors (Lipinski definition) is 6. The highest BCUT2D eigenvalue weighted by atomic mass is 28.4. The summed E-state index contributed by atoms with van der Waals surface area (Å²) in [6, 6.07) is -1.11. The Kier molecular flexibility index (Phi) is 20.1. The van der Waals surface area contributed by atoms with E-state index in [1.807, 2.05) is 0 Å². The summed E-state index contributed by atoms with van der Waals surface area (Å²) in [7, 11) is -2.21. The Hall–Kier alpha value is -0.833. The van der Waals surface area contributed by atoms with Crippen molar-refractivity contribution in [2.45, 2.75) is 205 Å². The van der Waals surface area contributed by atoms with Crippen LogP contribution in [0.4, 0.5) is 4.79 Å². The van der Waals surface area contributed by atoms with E-state index in [1.165, 1.54) is 51.4 Å². The fraction of sp³-hybridized carbons (Fsp3) is 0.971. The fourth-order valence-electron chi connectivity index (χ4n) is 5.22. The number of ether oxygens (including phenoxy) is 3. The first-order valence-corrected chi connectivity index (χ1v) is 21.0. The van der Waals surface area contributed by atoms with Gasteiger partial charge < -0.3 is 49.5 Å². The SMILES string of the molecule is CCCCCCCCCCCCCC[C@@H](O)[C@@H](O)[C@H](CO[C@H]1O[C@H](CO[Si](C)(C)C(C)(C)C)[C@H](O)[C@H](O)[C@H]1O)NC(=O)OC(C)(C)C. The number of amides is 1. The highest BCUT2D eigenvalue weighted by Gasteiger charge is 2.46. The van der Waals surface area contributed by atoms with Gasteiger partial charge in [-0.1, -0.05) is 105 Å². The van der Waals surface area contributed by atoms with Gasteiger partial charge in [-0.25, -0.2) is 4.79 Å². The van der Waals surface area contributed by atoms with Crippen molar-refractivity contribution in [1.82, 2.24) is 5.32 Å². The van der Waals surface area contributed by atoms with Gasteiger partial charge in [0.2, 0.25) is 0 Å². The van der Waals surface area contributed by atoms with Gasteiger partial charge in [0.15, 0.2) is 14.6 Å². The highest BCUT2D eigenvalue weighted by molar-refractivity contribution is 6.74. The predicted molar refractivity (Wildman–Crippen MR) is 187 cm³/mol. The lowest BCUT2D eigenvalue weighted by Crippen LogP contribution is -2.61. The summed E-state index contributed by atoms with van der Waals surface area (Å²) in [5.74, 6) is 0. The molecule has 8 atom stereocenters. The summed E-state index contributed by atoms with van der Waals surface area (Å²) in [6.45, 7) is 17.3. The van der Waals surface area contributed by atoms with Crippen molar-refractivity contribution >= 4 is 14.4 Å². The van der Waals surface area contributed by atoms with E-state index in [0.29, 0.717) is 6.42 Å². The molecule has 1 saturated heterocycles. The smallest absolute Gasteiger partial charge is 0.408 e. The van der Waals surface area contributed by atoms with Crippen molar-refractivity contribution in [1.29, 1.82) is 0 Å². The van der Waals surface area contributed by atoms with Crippen LogP contribution >= 0.6 is 0 Å². The molecule has 0 spiro atoms. The predicted octanol–water partition coefficient (Wildman–Crippen LogP) is 5.54. The molecule has 0 radical (unpaired) electrons. The number of alkyl carbamates (subject to hydrolysis) is 1. The standard InChI is InChI=1S/C35H71NO10Si/c1-10-11-12-13-14-15-16-17-18-19-20-21-22-26(37)28(38)25(36-33(42)46-34(2,3)4)23-43-32-31(41)30(40)29(39)27(45-32)24-44-47(8,9)35(5,6)7/h25-32,37-41H,10-24H2,1-9H3,(H,36,42)/t25-,26+,27+,28-,29-,30-,31+,32-/m0/s1. The van der Waals surface area contributed by atoms with Crippen LogP contribution in [0, 0.1) is 0 Å². The Morgan fingerprint density at radius 1 is 0.809 bits per heavy atom. The van der Waals surface area contributed by atoms with Gasteiger partial charge in [0, 0.05) is 0 Å². The highest BCUT2D eigenvalue weighted by Crippen LogP contribution is 2.37. The molecule has 0 aliphatic carbocycles. The number of carbonyl (C=O) groups excluding carboxylic acids is 1. The van der Waals surface area contributed by atoms with Crippen molar-refractivity contribution in [2.24, 2.45) is 0 Å². The van der Waals surface area contributed by atoms with E-state index in [4.69, 9.17) is 18.6 Å². The summed E-state index contributed by atoms with van der Waals surface area (Å²) < 4.78 is 23.2. The van der Waals surface area contributed by atoms with Gasteiger partial charge >= 0.3 is 6.09 Å². The fourth-order valence-corrected chi connectivity index (χ4v) is 6.23. The summed E-state index contributed by atoms with van der Waals surface area (Å²) >= 11 is 0. The molecule has 47 heavy (non-hydrogen) atoms. The maximum atomic E-state index is 12.6. The van der Waals surface area contributed by atoms with Gasteiger partial charge in [-0.05, 0) is 45.3 Å². The zero-order valence-corrected chi connectivity index (χ0v) is 32.0. The monoisotopic (exact) mass is 693 g/mol. The average Bonchev–Trinajstić information content (AvgIpc) is 2.96. The minimum atomic E-state index is -2.21. The molecular formula is C35H71NO10Si. The van der Waals surface area contributed by atoms with E-state index in [9.17, 15) is 30.3 Å². The summed E-state index contributed by atoms with van der Waals surface area (Å²) in [6.07, 6.45) is 4.25. The topological polar surface area (TPSA) is 167 Å². The molecule has 280 valence electrons. The minimum Gasteiger partial charge on any atom is -0.444 e. The molecule has 0 unspecified atom stereocenters. The first kappa shape index (κ1) is 44.2. The Bertz CT molecular complexity index is 849. The third-order valence-corrected chi connectivity index (χ3v) is 13.9. The molecule has 0 aromatic heterocycles. The summed E-state index contributed by atoms with van der Waals surface area (Å²) in [5.41, 5.74) is -0.797. The van der Waals surface area contributed by atoms with Gasteiger partial charge in [-0.3, -0.25) is 0 Å². The number of nitrogens with one attached hydrogen (secondary N) is 1. The lowest BCUT2D eigenvalue weighted by Gasteiger charge is -2.43. The number of rotatable bonds is 22. The van der Waals surface area contributed by atoms with E-state index in [1.54, 1.807) is 20.8 Å². The Morgan fingerprint density at radius 2 is 1.32 bits per heavy atom. The lowest BCUT2D eigenvalue weighted by atomic mass is 9.98. The molecule has 12 heteroatoms. The third kappa shape index (κ3) is 17.1. The van der Waals surface area contributed by atoms with Crippen molar-refractivity contribution in [3.05, 3.63) is 0 Å². The van der Waals surface area contributed by atoms with Crippen LogP contribution < -0.4 is 5.32 Å². The largest absolute Gasteiger partial charge is 0.444 e. The van der Waals surface area contributed by atoms with Gasteiger partial charge in [0.1, 0.15) is 36.1 Å². The zero-order chi connectivity index (χ0) is 35.8. The second-order valence-corrected chi connectivity index (χ2v) is 20.7. The van der Waals surface area contributed by atoms with E-state index in [0.717, 1.165) is 25.7 Å². The van der Waals surface area contributed by atoms with Gasteiger partial charge in [-0.15, -0.1) is 0 Å². The van der Waals surface area contributed by atoms with Crippen LogP contribution in [-0.4, -0.2) is 108 Å². The molecule has 0 bridgehead atoms. The van der Waals surface area contributed by atoms with Crippen LogP contribution in [0.5, 0.6) is 0 Å². The molecule has 0 aromatic rings. The van der Waals surface area contributed by atoms with Crippen LogP contribution in [0.15, 0.2) is 0 Å². The van der Waals surface area contributed by atoms with Crippen molar-refractivity contribution in [2.75, 3.05) is 13.2 Å². The normalized spacial score (nSPS) is 24.5. The maximum Gasteiger partial charge on any atom is 0.408 e. The summed E-state index contributed by atoms with van der Waals surface area (Å²) in [5, 5.41) is 56.2. The van der Waals surface area contributed by atoms with Crippen molar-refractivity contribution in [3.8, 4) is 0 Å². The third-order valence-electron chi connectivity index (χ3n) is 9.39. The Balaban J connectivity index is 2.72. The lowest BCUT2D eigenvalue weighted by molar-refractivity contribution is -0.302. The van der Waals surface area contributed by atoms with Gasteiger partial charge in [-0.2, -0.15) is 0 Å². The molecule has 0 aromatic carbocycles. The second kappa shape index (κ2) is 21.4. The van der Waals surface area contributed by atoms with Crippen molar-refractivity contribution < 1.29 is 49.0 Å². The molecule has 1 aliphatic rings. The van der Waals surface area contributed by atoms with E-state index >= 15 is 0 Å². The van der Waals surface area contributed by atoms with Crippen LogP contribution in [0.25, 0.3) is 0 Å². The van der Waals surface area contributed by atoms with E-state index in [-0.39, 0.29) is 18.3 Å².